The standard InChI is InChI=1S/C83H159NO5/c1-3-5-7-9-11-13-15-17-19-21-40-45-49-53-57-61-65-69-73-77-83(88)89-78-74-70-66-62-58-54-50-46-42-39-37-35-33-31-29-27-25-23-24-26-28-30-32-34-36-38-41-44-48-52-56-60-64-68-72-76-82(87)84-80(79-85)81(86)75-71-67-63-59-55-51-47-43-22-20-18-16-14-12-10-8-6-4-2/h11,13,17,19,25,27,80-81,85-86H,3-10,12,14-16,18,20-24,26,28-79H2,1-2H3,(H,84,87)/b13-11-,19-17-,27-25-. The Morgan fingerprint density at radius 1 is 0.315 bits per heavy atom. The molecule has 0 aliphatic carbocycles. The van der Waals surface area contributed by atoms with Crippen LogP contribution in [-0.2, 0) is 14.3 Å². The number of hydrogen-bond acceptors (Lipinski definition) is 5. The third-order valence-electron chi connectivity index (χ3n) is 19.2. The van der Waals surface area contributed by atoms with Crippen molar-refractivity contribution >= 4 is 11.9 Å². The summed E-state index contributed by atoms with van der Waals surface area (Å²) in [6, 6.07) is -0.539. The van der Waals surface area contributed by atoms with E-state index in [1.54, 1.807) is 0 Å². The molecule has 2 unspecified atom stereocenters. The average Bonchev–Trinajstić information content (AvgIpc) is 3.63. The SMILES string of the molecule is CCCCC/C=C\C/C=C\CCCCCCCCCCCC(=O)OCCCCCCCCCCCCCCCC/C=C\CCCCCCCCCCCCCCCCCCCC(=O)NC(CO)C(O)CCCCCCCCCCCCCCCCCCCC. The minimum Gasteiger partial charge on any atom is -0.466 e. The first-order valence-electron chi connectivity index (χ1n) is 40.7. The van der Waals surface area contributed by atoms with Crippen molar-refractivity contribution in [3.8, 4) is 0 Å². The first-order valence-corrected chi connectivity index (χ1v) is 40.7. The van der Waals surface area contributed by atoms with E-state index in [2.05, 4.69) is 55.6 Å². The first kappa shape index (κ1) is 87.1. The summed E-state index contributed by atoms with van der Waals surface area (Å²) < 4.78 is 5.52. The van der Waals surface area contributed by atoms with Crippen LogP contribution >= 0.6 is 0 Å². The maximum absolute atomic E-state index is 12.6. The van der Waals surface area contributed by atoms with Crippen LogP contribution in [-0.4, -0.2) is 47.4 Å². The van der Waals surface area contributed by atoms with Crippen molar-refractivity contribution in [2.75, 3.05) is 13.2 Å². The highest BCUT2D eigenvalue weighted by Gasteiger charge is 2.20. The van der Waals surface area contributed by atoms with E-state index < -0.39 is 12.1 Å². The number of ether oxygens (including phenoxy) is 1. The monoisotopic (exact) mass is 1250 g/mol. The topological polar surface area (TPSA) is 95.9 Å². The molecule has 0 saturated heterocycles. The van der Waals surface area contributed by atoms with Gasteiger partial charge in [0, 0.05) is 12.8 Å². The molecule has 0 aliphatic heterocycles. The van der Waals surface area contributed by atoms with Gasteiger partial charge >= 0.3 is 5.97 Å². The van der Waals surface area contributed by atoms with Crippen molar-refractivity contribution in [1.29, 1.82) is 0 Å². The minimum absolute atomic E-state index is 0.0172. The molecule has 0 saturated carbocycles. The van der Waals surface area contributed by atoms with E-state index in [-0.39, 0.29) is 18.5 Å². The first-order chi connectivity index (χ1) is 44.0. The van der Waals surface area contributed by atoms with Gasteiger partial charge in [-0.05, 0) is 83.5 Å². The van der Waals surface area contributed by atoms with E-state index in [4.69, 9.17) is 4.74 Å². The molecule has 0 aromatic rings. The smallest absolute Gasteiger partial charge is 0.305 e. The van der Waals surface area contributed by atoms with Crippen LogP contribution < -0.4 is 5.32 Å². The number of rotatable bonds is 77. The molecule has 0 fully saturated rings. The Hall–Kier alpha value is -1.92. The van der Waals surface area contributed by atoms with E-state index in [1.165, 1.54) is 372 Å². The lowest BCUT2D eigenvalue weighted by Crippen LogP contribution is -2.45. The molecule has 0 bridgehead atoms. The van der Waals surface area contributed by atoms with Crippen LogP contribution in [0.2, 0.25) is 0 Å². The second-order valence-electron chi connectivity index (χ2n) is 28.1. The highest BCUT2D eigenvalue weighted by atomic mass is 16.5. The molecule has 3 N–H and O–H groups in total. The zero-order valence-corrected chi connectivity index (χ0v) is 60.4. The van der Waals surface area contributed by atoms with Gasteiger partial charge in [-0.1, -0.05) is 397 Å². The van der Waals surface area contributed by atoms with E-state index in [1.807, 2.05) is 0 Å². The van der Waals surface area contributed by atoms with Crippen LogP contribution in [0.1, 0.15) is 457 Å². The van der Waals surface area contributed by atoms with Crippen LogP contribution in [0.3, 0.4) is 0 Å². The fourth-order valence-corrected chi connectivity index (χ4v) is 13.0. The summed E-state index contributed by atoms with van der Waals surface area (Å²) in [4.78, 5) is 24.7. The number of amides is 1. The molecule has 0 rings (SSSR count). The maximum Gasteiger partial charge on any atom is 0.305 e. The lowest BCUT2D eigenvalue weighted by atomic mass is 10.0. The molecule has 6 heteroatoms. The number of carbonyl (C=O) groups is 2. The summed E-state index contributed by atoms with van der Waals surface area (Å²) in [5.41, 5.74) is 0. The third kappa shape index (κ3) is 75.0. The second-order valence-corrected chi connectivity index (χ2v) is 28.1. The summed E-state index contributed by atoms with van der Waals surface area (Å²) in [6.07, 6.45) is 102. The molecule has 0 radical (unpaired) electrons. The second kappa shape index (κ2) is 78.5. The Labute approximate surface area is 557 Å². The number of esters is 1. The summed E-state index contributed by atoms with van der Waals surface area (Å²) in [6.45, 7) is 4.98. The van der Waals surface area contributed by atoms with Gasteiger partial charge in [0.25, 0.3) is 0 Å². The van der Waals surface area contributed by atoms with Gasteiger partial charge < -0.3 is 20.3 Å². The van der Waals surface area contributed by atoms with E-state index in [9.17, 15) is 19.8 Å². The average molecular weight is 1250 g/mol. The van der Waals surface area contributed by atoms with Crippen molar-refractivity contribution in [2.45, 2.75) is 469 Å². The van der Waals surface area contributed by atoms with Crippen LogP contribution in [0.4, 0.5) is 0 Å². The molecular weight excluding hydrogens is 1090 g/mol. The van der Waals surface area contributed by atoms with Gasteiger partial charge in [-0.2, -0.15) is 0 Å². The van der Waals surface area contributed by atoms with Crippen molar-refractivity contribution in [3.63, 3.8) is 0 Å². The van der Waals surface area contributed by atoms with E-state index in [0.29, 0.717) is 25.9 Å². The van der Waals surface area contributed by atoms with Crippen molar-refractivity contribution in [2.24, 2.45) is 0 Å². The van der Waals surface area contributed by atoms with Gasteiger partial charge in [-0.15, -0.1) is 0 Å². The highest BCUT2D eigenvalue weighted by Crippen LogP contribution is 2.20. The van der Waals surface area contributed by atoms with E-state index >= 15 is 0 Å². The number of allylic oxidation sites excluding steroid dienone is 6. The van der Waals surface area contributed by atoms with Crippen molar-refractivity contribution < 1.29 is 24.5 Å². The van der Waals surface area contributed by atoms with Gasteiger partial charge in [0.15, 0.2) is 0 Å². The number of hydrogen-bond donors (Lipinski definition) is 3. The van der Waals surface area contributed by atoms with Gasteiger partial charge in [-0.25, -0.2) is 0 Å². The molecule has 0 aromatic heterocycles. The predicted molar refractivity (Wildman–Crippen MR) is 393 cm³/mol. The number of unbranched alkanes of at least 4 members (excludes halogenated alkanes) is 60. The van der Waals surface area contributed by atoms with Gasteiger partial charge in [0.1, 0.15) is 0 Å². The number of nitrogens with one attached hydrogen (secondary N) is 1. The maximum atomic E-state index is 12.6. The van der Waals surface area contributed by atoms with Gasteiger partial charge in [0.05, 0.1) is 25.4 Å². The van der Waals surface area contributed by atoms with E-state index in [0.717, 1.165) is 51.4 Å². The predicted octanol–water partition coefficient (Wildman–Crippen LogP) is 27.0. The molecule has 1 amide bonds. The van der Waals surface area contributed by atoms with Crippen molar-refractivity contribution in [1.82, 2.24) is 5.32 Å². The Bertz CT molecular complexity index is 1440. The molecule has 0 heterocycles. The molecule has 89 heavy (non-hydrogen) atoms. The Morgan fingerprint density at radius 3 is 0.888 bits per heavy atom. The quantitative estimate of drug-likeness (QED) is 0.0320. The lowest BCUT2D eigenvalue weighted by Gasteiger charge is -2.22. The summed E-state index contributed by atoms with van der Waals surface area (Å²) >= 11 is 0. The zero-order valence-electron chi connectivity index (χ0n) is 60.4. The number of carbonyl (C=O) groups excluding carboxylic acids is 2. The normalized spacial score (nSPS) is 12.6. The molecule has 0 aromatic carbocycles. The fraction of sp³-hybridized carbons (Fsp3) is 0.904. The molecule has 526 valence electrons. The van der Waals surface area contributed by atoms with Crippen LogP contribution in [0, 0.1) is 0 Å². The Balaban J connectivity index is 3.33. The van der Waals surface area contributed by atoms with Crippen LogP contribution in [0.25, 0.3) is 0 Å². The van der Waals surface area contributed by atoms with Crippen LogP contribution in [0.15, 0.2) is 36.5 Å². The summed E-state index contributed by atoms with van der Waals surface area (Å²) in [5, 5.41) is 23.4. The molecule has 6 nitrogen and oxygen atoms in total. The largest absolute Gasteiger partial charge is 0.466 e. The fourth-order valence-electron chi connectivity index (χ4n) is 13.0. The zero-order chi connectivity index (χ0) is 64.2. The number of aliphatic hydroxyl groups excluding tert-OH is 2. The molecular formula is C83H159NO5. The lowest BCUT2D eigenvalue weighted by molar-refractivity contribution is -0.143. The number of aliphatic hydroxyl groups is 2. The highest BCUT2D eigenvalue weighted by molar-refractivity contribution is 5.76. The Morgan fingerprint density at radius 2 is 0.562 bits per heavy atom. The summed E-state index contributed by atoms with van der Waals surface area (Å²) in [7, 11) is 0. The van der Waals surface area contributed by atoms with Crippen LogP contribution in [0.5, 0.6) is 0 Å². The third-order valence-corrected chi connectivity index (χ3v) is 19.2. The van der Waals surface area contributed by atoms with Crippen molar-refractivity contribution in [3.05, 3.63) is 36.5 Å². The summed E-state index contributed by atoms with van der Waals surface area (Å²) in [5.74, 6) is -0.00974. The minimum atomic E-state index is -0.662. The molecule has 2 atom stereocenters. The molecule has 0 aliphatic rings. The van der Waals surface area contributed by atoms with Gasteiger partial charge in [0.2, 0.25) is 5.91 Å². The molecule has 0 spiro atoms. The Kier molecular flexibility index (Phi) is 76.8. The van der Waals surface area contributed by atoms with Gasteiger partial charge in [-0.3, -0.25) is 9.59 Å².